The lowest BCUT2D eigenvalue weighted by Crippen LogP contribution is -2.35. The molecule has 20 heavy (non-hydrogen) atoms. The second-order valence-electron chi connectivity index (χ2n) is 6.45. The second-order valence-corrected chi connectivity index (χ2v) is 6.45. The normalized spacial score (nSPS) is 29.2. The van der Waals surface area contributed by atoms with Crippen molar-refractivity contribution in [3.8, 4) is 5.75 Å². The molecule has 3 rings (SSSR count). The van der Waals surface area contributed by atoms with E-state index in [2.05, 4.69) is 30.4 Å². The molecule has 2 aliphatic rings. The zero-order chi connectivity index (χ0) is 13.9. The summed E-state index contributed by atoms with van der Waals surface area (Å²) in [6.07, 6.45) is 9.34. The molecule has 1 aromatic rings. The van der Waals surface area contributed by atoms with E-state index in [1.807, 2.05) is 0 Å². The van der Waals surface area contributed by atoms with Crippen LogP contribution >= 0.6 is 0 Å². The third-order valence-electron chi connectivity index (χ3n) is 5.29. The van der Waals surface area contributed by atoms with Gasteiger partial charge in [-0.05, 0) is 67.7 Å². The molecule has 1 atom stereocenters. The van der Waals surface area contributed by atoms with Crippen molar-refractivity contribution in [2.24, 2.45) is 5.92 Å². The molecule has 0 radical (unpaired) electrons. The Hall–Kier alpha value is -1.02. The molecule has 1 aromatic carbocycles. The van der Waals surface area contributed by atoms with Crippen LogP contribution in [0.2, 0.25) is 0 Å². The molecule has 0 saturated heterocycles. The fraction of sp³-hybridized carbons (Fsp3) is 0.667. The van der Waals surface area contributed by atoms with E-state index >= 15 is 0 Å². The Labute approximate surface area is 122 Å². The van der Waals surface area contributed by atoms with Gasteiger partial charge in [0.25, 0.3) is 0 Å². The molecule has 1 unspecified atom stereocenters. The first-order valence-corrected chi connectivity index (χ1v) is 8.23. The molecule has 0 heterocycles. The van der Waals surface area contributed by atoms with Crippen LogP contribution in [0.15, 0.2) is 18.2 Å². The highest BCUT2D eigenvalue weighted by atomic mass is 16.5. The molecule has 110 valence electrons. The number of fused-ring (bicyclic) bond motifs is 1. The third-order valence-corrected chi connectivity index (χ3v) is 5.29. The van der Waals surface area contributed by atoms with Crippen molar-refractivity contribution < 1.29 is 4.74 Å². The van der Waals surface area contributed by atoms with Gasteiger partial charge in [-0.15, -0.1) is 0 Å². The van der Waals surface area contributed by atoms with Gasteiger partial charge in [0.05, 0.1) is 7.11 Å². The van der Waals surface area contributed by atoms with Crippen LogP contribution in [0.1, 0.15) is 62.6 Å². The lowest BCUT2D eigenvalue weighted by Gasteiger charge is -2.31. The van der Waals surface area contributed by atoms with E-state index in [0.29, 0.717) is 6.04 Å². The Morgan fingerprint density at radius 3 is 2.65 bits per heavy atom. The maximum Gasteiger partial charge on any atom is 0.119 e. The molecule has 0 aliphatic heterocycles. The minimum atomic E-state index is 0.545. The Bertz CT molecular complexity index is 449. The van der Waals surface area contributed by atoms with E-state index in [1.165, 1.54) is 56.1 Å². The van der Waals surface area contributed by atoms with Crippen LogP contribution in [0.5, 0.6) is 5.75 Å². The first kappa shape index (κ1) is 13.9. The van der Waals surface area contributed by atoms with E-state index in [4.69, 9.17) is 4.74 Å². The van der Waals surface area contributed by atoms with Gasteiger partial charge in [-0.1, -0.05) is 19.4 Å². The Morgan fingerprint density at radius 2 is 1.95 bits per heavy atom. The van der Waals surface area contributed by atoms with E-state index in [0.717, 1.165) is 17.7 Å². The average Bonchev–Trinajstić information content (AvgIpc) is 2.90. The molecule has 0 bridgehead atoms. The number of benzene rings is 1. The van der Waals surface area contributed by atoms with Crippen LogP contribution < -0.4 is 10.1 Å². The van der Waals surface area contributed by atoms with Crippen LogP contribution in [-0.2, 0) is 6.42 Å². The fourth-order valence-electron chi connectivity index (χ4n) is 3.90. The van der Waals surface area contributed by atoms with Crippen molar-refractivity contribution in [1.29, 1.82) is 0 Å². The zero-order valence-electron chi connectivity index (χ0n) is 12.8. The number of nitrogens with one attached hydrogen (secondary N) is 1. The second kappa shape index (κ2) is 6.17. The van der Waals surface area contributed by atoms with Gasteiger partial charge < -0.3 is 10.1 Å². The van der Waals surface area contributed by atoms with Gasteiger partial charge in [0.15, 0.2) is 0 Å². The Kier molecular flexibility index (Phi) is 4.30. The number of ether oxygens (including phenoxy) is 1. The minimum Gasteiger partial charge on any atom is -0.497 e. The maximum absolute atomic E-state index is 5.38. The standard InChI is InChI=1S/C18H27NO/c1-3-13-4-8-15(9-5-13)19-18-11-7-14-6-10-16(20-2)12-17(14)18/h6,10,12-13,15,18-19H,3-5,7-9,11H2,1-2H3. The van der Waals surface area contributed by atoms with Crippen LogP contribution in [0.25, 0.3) is 0 Å². The van der Waals surface area contributed by atoms with Crippen molar-refractivity contribution in [2.75, 3.05) is 7.11 Å². The first-order valence-electron chi connectivity index (χ1n) is 8.23. The molecule has 1 N–H and O–H groups in total. The van der Waals surface area contributed by atoms with E-state index in [1.54, 1.807) is 7.11 Å². The van der Waals surface area contributed by atoms with Crippen LogP contribution in [0.3, 0.4) is 0 Å². The van der Waals surface area contributed by atoms with Crippen molar-refractivity contribution in [1.82, 2.24) is 5.32 Å². The number of rotatable bonds is 4. The molecular formula is C18H27NO. The van der Waals surface area contributed by atoms with Gasteiger partial charge in [0.1, 0.15) is 5.75 Å². The van der Waals surface area contributed by atoms with E-state index in [9.17, 15) is 0 Å². The van der Waals surface area contributed by atoms with Crippen LogP contribution in [0, 0.1) is 5.92 Å². The Balaban J connectivity index is 1.63. The van der Waals surface area contributed by atoms with Gasteiger partial charge in [0.2, 0.25) is 0 Å². The molecule has 2 aliphatic carbocycles. The first-order chi connectivity index (χ1) is 9.80. The smallest absolute Gasteiger partial charge is 0.119 e. The molecule has 0 aromatic heterocycles. The summed E-state index contributed by atoms with van der Waals surface area (Å²) in [6.45, 7) is 2.33. The van der Waals surface area contributed by atoms with Crippen LogP contribution in [-0.4, -0.2) is 13.2 Å². The molecular weight excluding hydrogens is 246 g/mol. The largest absolute Gasteiger partial charge is 0.497 e. The topological polar surface area (TPSA) is 21.3 Å². The van der Waals surface area contributed by atoms with Crippen molar-refractivity contribution in [2.45, 2.75) is 64.0 Å². The summed E-state index contributed by atoms with van der Waals surface area (Å²) in [6, 6.07) is 7.83. The van der Waals surface area contributed by atoms with Gasteiger partial charge in [0, 0.05) is 12.1 Å². The van der Waals surface area contributed by atoms with Crippen LogP contribution in [0.4, 0.5) is 0 Å². The lowest BCUT2D eigenvalue weighted by atomic mass is 9.84. The van der Waals surface area contributed by atoms with Gasteiger partial charge in [-0.3, -0.25) is 0 Å². The highest BCUT2D eigenvalue weighted by Gasteiger charge is 2.27. The number of aryl methyl sites for hydroxylation is 1. The fourth-order valence-corrected chi connectivity index (χ4v) is 3.90. The average molecular weight is 273 g/mol. The summed E-state index contributed by atoms with van der Waals surface area (Å²) in [5, 5.41) is 3.91. The Morgan fingerprint density at radius 1 is 1.15 bits per heavy atom. The van der Waals surface area contributed by atoms with Crippen molar-refractivity contribution in [3.63, 3.8) is 0 Å². The third kappa shape index (κ3) is 2.85. The molecule has 0 amide bonds. The summed E-state index contributed by atoms with van der Waals surface area (Å²) in [7, 11) is 1.76. The molecule has 2 nitrogen and oxygen atoms in total. The highest BCUT2D eigenvalue weighted by molar-refractivity contribution is 5.40. The van der Waals surface area contributed by atoms with Gasteiger partial charge in [-0.2, -0.15) is 0 Å². The predicted molar refractivity (Wildman–Crippen MR) is 83.2 cm³/mol. The molecule has 2 heteroatoms. The van der Waals surface area contributed by atoms with Crippen molar-refractivity contribution in [3.05, 3.63) is 29.3 Å². The van der Waals surface area contributed by atoms with Gasteiger partial charge >= 0.3 is 0 Å². The maximum atomic E-state index is 5.38. The predicted octanol–water partition coefficient (Wildman–Crippen LogP) is 4.24. The summed E-state index contributed by atoms with van der Waals surface area (Å²) in [4.78, 5) is 0. The summed E-state index contributed by atoms with van der Waals surface area (Å²) in [5.74, 6) is 1.97. The molecule has 1 fully saturated rings. The van der Waals surface area contributed by atoms with E-state index < -0.39 is 0 Å². The summed E-state index contributed by atoms with van der Waals surface area (Å²) >= 11 is 0. The van der Waals surface area contributed by atoms with E-state index in [-0.39, 0.29) is 0 Å². The number of hydrogen-bond acceptors (Lipinski definition) is 2. The summed E-state index contributed by atoms with van der Waals surface area (Å²) in [5.41, 5.74) is 2.98. The van der Waals surface area contributed by atoms with Crippen molar-refractivity contribution >= 4 is 0 Å². The quantitative estimate of drug-likeness (QED) is 0.886. The number of hydrogen-bond donors (Lipinski definition) is 1. The SMILES string of the molecule is CCC1CCC(NC2CCc3ccc(OC)cc32)CC1. The minimum absolute atomic E-state index is 0.545. The monoisotopic (exact) mass is 273 g/mol. The van der Waals surface area contributed by atoms with Gasteiger partial charge in [-0.25, -0.2) is 0 Å². The zero-order valence-corrected chi connectivity index (χ0v) is 12.8. The molecule has 1 saturated carbocycles. The molecule has 0 spiro atoms. The highest BCUT2D eigenvalue weighted by Crippen LogP contribution is 2.36. The summed E-state index contributed by atoms with van der Waals surface area (Å²) < 4.78 is 5.38. The number of methoxy groups -OCH3 is 1. The lowest BCUT2D eigenvalue weighted by molar-refractivity contribution is 0.269.